The van der Waals surface area contributed by atoms with Gasteiger partial charge in [0, 0.05) is 91.8 Å². The third kappa shape index (κ3) is 21.7. The molecule has 0 aromatic rings. The van der Waals surface area contributed by atoms with E-state index in [0.717, 1.165) is 0 Å². The minimum atomic E-state index is -4.96. The van der Waals surface area contributed by atoms with E-state index in [4.69, 9.17) is 10.00 Å². The van der Waals surface area contributed by atoms with Gasteiger partial charge in [0.25, 0.3) is 23.5 Å². The first-order valence-corrected chi connectivity index (χ1v) is 11.3. The molecule has 0 fully saturated rings. The maximum Gasteiger partial charge on any atom is 0.267 e. The summed E-state index contributed by atoms with van der Waals surface area (Å²) in [7, 11) is -14.5. The van der Waals surface area contributed by atoms with Crippen LogP contribution in [0.2, 0.25) is 0 Å². The number of phosphoric acid groups is 3. The van der Waals surface area contributed by atoms with Crippen LogP contribution in [0.5, 0.6) is 0 Å². The summed E-state index contributed by atoms with van der Waals surface area (Å²) in [6, 6.07) is 0. The SMILES string of the molecule is [CH2-]C(CO)COP(=O)([O-])OCCOP(=O)([O-])OCC([CH2-])COP(=O)([O-])O.[Y].[Y]. The monoisotopic (exact) mass is 619 g/mol. The molecule has 0 rings (SSSR count). The molecular formula is C10H20O13P3Y2-5. The second-order valence-electron chi connectivity index (χ2n) is 4.83. The third-order valence-corrected chi connectivity index (χ3v) is 4.65. The Morgan fingerprint density at radius 2 is 1.11 bits per heavy atom. The number of rotatable bonds is 15. The van der Waals surface area contributed by atoms with Crippen LogP contribution in [0.25, 0.3) is 0 Å². The Kier molecular flexibility index (Phi) is 21.4. The molecule has 2 radical (unpaired) electrons. The molecule has 28 heavy (non-hydrogen) atoms. The van der Waals surface area contributed by atoms with Gasteiger partial charge in [0.15, 0.2) is 0 Å². The van der Waals surface area contributed by atoms with Crippen LogP contribution in [-0.2, 0) is 102 Å². The normalized spacial score (nSPS) is 19.8. The molecule has 0 spiro atoms. The van der Waals surface area contributed by atoms with Crippen molar-refractivity contribution in [2.75, 3.05) is 39.6 Å². The van der Waals surface area contributed by atoms with Gasteiger partial charge in [-0.2, -0.15) is 0 Å². The zero-order chi connectivity index (χ0) is 20.4. The summed E-state index contributed by atoms with van der Waals surface area (Å²) in [5.74, 6) is -1.66. The Labute approximate surface area is 213 Å². The summed E-state index contributed by atoms with van der Waals surface area (Å²) in [5.41, 5.74) is 0. The second-order valence-corrected chi connectivity index (χ2v) is 8.85. The van der Waals surface area contributed by atoms with Crippen molar-refractivity contribution in [1.29, 1.82) is 0 Å². The van der Waals surface area contributed by atoms with Crippen molar-refractivity contribution in [3.05, 3.63) is 13.8 Å². The van der Waals surface area contributed by atoms with Crippen LogP contribution in [0.4, 0.5) is 0 Å². The molecule has 0 aliphatic heterocycles. The van der Waals surface area contributed by atoms with Crippen LogP contribution in [0.3, 0.4) is 0 Å². The van der Waals surface area contributed by atoms with Gasteiger partial charge >= 0.3 is 0 Å². The molecule has 13 nitrogen and oxygen atoms in total. The molecule has 0 heterocycles. The van der Waals surface area contributed by atoms with Gasteiger partial charge in [0.05, 0.1) is 13.2 Å². The van der Waals surface area contributed by atoms with Crippen molar-refractivity contribution in [3.8, 4) is 0 Å². The van der Waals surface area contributed by atoms with E-state index in [2.05, 4.69) is 36.5 Å². The Hall–Kier alpha value is 2.50. The Morgan fingerprint density at radius 3 is 1.46 bits per heavy atom. The maximum absolute atomic E-state index is 11.4. The molecule has 5 unspecified atom stereocenters. The van der Waals surface area contributed by atoms with Crippen LogP contribution in [0.15, 0.2) is 0 Å². The summed E-state index contributed by atoms with van der Waals surface area (Å²) in [6.45, 7) is 3.25. The summed E-state index contributed by atoms with van der Waals surface area (Å²) >= 11 is 0. The van der Waals surface area contributed by atoms with E-state index in [-0.39, 0.29) is 65.4 Å². The van der Waals surface area contributed by atoms with Gasteiger partial charge < -0.3 is 61.1 Å². The first-order valence-electron chi connectivity index (χ1n) is 6.92. The summed E-state index contributed by atoms with van der Waals surface area (Å²) < 4.78 is 54.4. The summed E-state index contributed by atoms with van der Waals surface area (Å²) in [6.07, 6.45) is 0. The van der Waals surface area contributed by atoms with E-state index < -0.39 is 74.9 Å². The van der Waals surface area contributed by atoms with E-state index in [9.17, 15) is 28.4 Å². The minimum Gasteiger partial charge on any atom is -0.756 e. The third-order valence-electron chi connectivity index (χ3n) is 2.25. The predicted octanol–water partition coefficient (Wildman–Crippen LogP) is -1.65. The van der Waals surface area contributed by atoms with Gasteiger partial charge in [0.1, 0.15) is 0 Å². The molecule has 0 saturated carbocycles. The van der Waals surface area contributed by atoms with Gasteiger partial charge in [-0.1, -0.05) is 0 Å². The van der Waals surface area contributed by atoms with Crippen molar-refractivity contribution < 1.29 is 126 Å². The minimum absolute atomic E-state index is 0. The van der Waals surface area contributed by atoms with Gasteiger partial charge in [-0.15, -0.1) is 11.8 Å². The predicted molar refractivity (Wildman–Crippen MR) is 79.6 cm³/mol. The average molecular weight is 619 g/mol. The largest absolute Gasteiger partial charge is 0.756 e. The Morgan fingerprint density at radius 1 is 0.750 bits per heavy atom. The molecule has 0 saturated heterocycles. The molecule has 164 valence electrons. The molecule has 2 N–H and O–H groups in total. The maximum atomic E-state index is 11.4. The number of phosphoric ester groups is 3. The zero-order valence-corrected chi connectivity index (χ0v) is 23.1. The van der Waals surface area contributed by atoms with Crippen LogP contribution in [0.1, 0.15) is 0 Å². The van der Waals surface area contributed by atoms with E-state index in [1.54, 1.807) is 0 Å². The fourth-order valence-electron chi connectivity index (χ4n) is 1.07. The van der Waals surface area contributed by atoms with Crippen LogP contribution < -0.4 is 14.7 Å². The first-order chi connectivity index (χ1) is 11.8. The number of hydrogen-bond donors (Lipinski definition) is 2. The van der Waals surface area contributed by atoms with Crippen molar-refractivity contribution in [1.82, 2.24) is 0 Å². The van der Waals surface area contributed by atoms with Gasteiger partial charge in [-0.3, -0.25) is 13.7 Å². The molecule has 5 atom stereocenters. The van der Waals surface area contributed by atoms with Crippen molar-refractivity contribution >= 4 is 23.5 Å². The van der Waals surface area contributed by atoms with Gasteiger partial charge in [0.2, 0.25) is 0 Å². The quantitative estimate of drug-likeness (QED) is 0.120. The summed E-state index contributed by atoms with van der Waals surface area (Å²) in [5, 5.41) is 8.67. The number of hydrogen-bond acceptors (Lipinski definition) is 12. The molecule has 0 aliphatic carbocycles. The first kappa shape index (κ1) is 35.1. The van der Waals surface area contributed by atoms with Gasteiger partial charge in [-0.05, 0) is 0 Å². The smallest absolute Gasteiger partial charge is 0.267 e. The Balaban J connectivity index is -0.00000312. The van der Waals surface area contributed by atoms with E-state index in [1.807, 2.05) is 0 Å². The number of aliphatic hydroxyl groups excluding tert-OH is 1. The molecule has 0 aromatic carbocycles. The van der Waals surface area contributed by atoms with Crippen molar-refractivity contribution in [3.63, 3.8) is 0 Å². The molecule has 0 amide bonds. The van der Waals surface area contributed by atoms with Crippen molar-refractivity contribution in [2.45, 2.75) is 0 Å². The summed E-state index contributed by atoms with van der Waals surface area (Å²) in [4.78, 5) is 41.4. The number of aliphatic hydroxyl groups is 1. The molecular weight excluding hydrogens is 599 g/mol. The van der Waals surface area contributed by atoms with E-state index >= 15 is 0 Å². The van der Waals surface area contributed by atoms with Gasteiger partial charge in [-0.25, -0.2) is 0 Å². The molecule has 0 bridgehead atoms. The van der Waals surface area contributed by atoms with E-state index in [1.165, 1.54) is 0 Å². The fraction of sp³-hybridized carbons (Fsp3) is 0.800. The van der Waals surface area contributed by atoms with E-state index in [0.29, 0.717) is 0 Å². The molecule has 0 aliphatic rings. The second kappa shape index (κ2) is 17.0. The van der Waals surface area contributed by atoms with Crippen LogP contribution >= 0.6 is 23.5 Å². The van der Waals surface area contributed by atoms with Crippen LogP contribution in [-0.4, -0.2) is 49.6 Å². The Bertz CT molecular complexity index is 545. The average Bonchev–Trinajstić information content (AvgIpc) is 2.52. The fourth-order valence-corrected chi connectivity index (χ4v) is 3.00. The topological polar surface area (TPSA) is 207 Å². The van der Waals surface area contributed by atoms with Crippen molar-refractivity contribution in [2.24, 2.45) is 11.8 Å². The molecule has 18 heteroatoms. The zero-order valence-electron chi connectivity index (χ0n) is 14.7. The van der Waals surface area contributed by atoms with Crippen LogP contribution in [0, 0.1) is 25.7 Å². The molecule has 0 aromatic heterocycles. The standard InChI is InChI=1S/C10H23O13P3.2Y/c1-9(5-11)6-22-25(15,16)19-3-4-20-26(17,18)23-8-10(2)7-21-24(12,13)14;;/h9-11H,1-8H2,(H,15,16)(H,17,18)(H2,12,13,14);;/q-2;;/p-3.